The van der Waals surface area contributed by atoms with Gasteiger partial charge in [0.05, 0.1) is 20.6 Å². The molecule has 0 spiro atoms. The first-order valence-electron chi connectivity index (χ1n) is 12.2. The number of hydrogen-bond acceptors (Lipinski definition) is 1. The van der Waals surface area contributed by atoms with Crippen LogP contribution in [0.4, 0.5) is 0 Å². The normalized spacial score (nSPS) is 11.9. The number of nitrogens with one attached hydrogen (secondary N) is 1. The summed E-state index contributed by atoms with van der Waals surface area (Å²) in [5.41, 5.74) is 1.44. The molecule has 162 valence electrons. The third-order valence-electron chi connectivity index (χ3n) is 5.80. The van der Waals surface area contributed by atoms with Gasteiger partial charge in [0.25, 0.3) is 0 Å². The quantitative estimate of drug-likeness (QED) is 0.187. The van der Waals surface area contributed by atoms with Crippen molar-refractivity contribution in [1.29, 1.82) is 0 Å². The van der Waals surface area contributed by atoms with E-state index < -0.39 is 0 Å². The maximum Gasteiger partial charge on any atom is 0.104 e. The Balaban J connectivity index is 1.83. The summed E-state index contributed by atoms with van der Waals surface area (Å²) in [6.45, 7) is 4.61. The minimum atomic E-state index is 1.05. The molecule has 1 rings (SSSR count). The van der Waals surface area contributed by atoms with Gasteiger partial charge in [-0.15, -0.1) is 0 Å². The van der Waals surface area contributed by atoms with E-state index in [2.05, 4.69) is 49.7 Å². The van der Waals surface area contributed by atoms with Crippen LogP contribution in [0.3, 0.4) is 0 Å². The van der Waals surface area contributed by atoms with E-state index in [1.54, 1.807) is 0 Å². The first-order valence-corrected chi connectivity index (χ1v) is 13.6. The molecule has 0 saturated carbocycles. The second-order valence-electron chi connectivity index (χ2n) is 9.30. The zero-order chi connectivity index (χ0) is 20.3. The number of unbranched alkanes of at least 4 members (excludes halogenated alkanes) is 11. The lowest BCUT2D eigenvalue weighted by molar-refractivity contribution is -0.902. The summed E-state index contributed by atoms with van der Waals surface area (Å²) in [5.74, 6) is 0. The van der Waals surface area contributed by atoms with Crippen LogP contribution < -0.4 is 5.32 Å². The van der Waals surface area contributed by atoms with Gasteiger partial charge in [-0.1, -0.05) is 107 Å². The summed E-state index contributed by atoms with van der Waals surface area (Å²) in [6.07, 6.45) is 17.4. The Labute approximate surface area is 179 Å². The van der Waals surface area contributed by atoms with Gasteiger partial charge in [-0.3, -0.25) is 0 Å². The first kappa shape index (κ1) is 25.4. The molecule has 0 aliphatic carbocycles. The van der Waals surface area contributed by atoms with Gasteiger partial charge in [0.2, 0.25) is 0 Å². The number of nitrogens with zero attached hydrogens (tertiary/aromatic N) is 1. The third kappa shape index (κ3) is 15.3. The number of benzene rings is 1. The van der Waals surface area contributed by atoms with Crippen LogP contribution in [-0.4, -0.2) is 48.5 Å². The lowest BCUT2D eigenvalue weighted by Crippen LogP contribution is -2.43. The molecule has 3 heteroatoms. The number of hydrogen-bond donors (Lipinski definition) is 1. The minimum Gasteiger partial charge on any atom is -0.324 e. The second-order valence-corrected chi connectivity index (χ2v) is 10.3. The molecule has 0 amide bonds. The molecule has 0 radical (unpaired) electrons. The Morgan fingerprint density at radius 3 is 1.71 bits per heavy atom. The molecular weight excluding hydrogens is 356 g/mol. The number of quaternary nitrogens is 1. The molecule has 28 heavy (non-hydrogen) atoms. The standard InChI is InChI=1S/C25H49N2Si/c1-27(2,24-25-18-14-13-15-19-25)22-21-26-20-16-11-9-7-5-3-4-6-8-10-12-17-23-28/h13-15,18-19,26H,3-12,16-17,20-24H2,1-2,28H3/q+1. The fraction of sp³-hybridized carbons (Fsp3) is 0.760. The third-order valence-corrected chi connectivity index (χ3v) is 6.51. The summed E-state index contributed by atoms with van der Waals surface area (Å²) >= 11 is 0. The van der Waals surface area contributed by atoms with Gasteiger partial charge in [-0.2, -0.15) is 0 Å². The maximum absolute atomic E-state index is 3.65. The van der Waals surface area contributed by atoms with Crippen molar-refractivity contribution in [1.82, 2.24) is 5.32 Å². The van der Waals surface area contributed by atoms with Crippen LogP contribution in [0, 0.1) is 0 Å². The lowest BCUT2D eigenvalue weighted by atomic mass is 10.1. The average molecular weight is 406 g/mol. The predicted molar refractivity (Wildman–Crippen MR) is 130 cm³/mol. The second kappa shape index (κ2) is 17.2. The van der Waals surface area contributed by atoms with E-state index in [4.69, 9.17) is 0 Å². The molecule has 2 nitrogen and oxygen atoms in total. The Kier molecular flexibility index (Phi) is 15.6. The lowest BCUT2D eigenvalue weighted by Gasteiger charge is -2.30. The molecule has 0 heterocycles. The molecule has 1 N–H and O–H groups in total. The van der Waals surface area contributed by atoms with Crippen LogP contribution in [0.1, 0.15) is 82.6 Å². The summed E-state index contributed by atoms with van der Waals surface area (Å²) in [6, 6.07) is 12.4. The van der Waals surface area contributed by atoms with E-state index in [-0.39, 0.29) is 0 Å². The van der Waals surface area contributed by atoms with Crippen LogP contribution in [-0.2, 0) is 6.54 Å². The molecular formula is C25H49N2Si+. The van der Waals surface area contributed by atoms with E-state index in [1.165, 1.54) is 112 Å². The number of likely N-dealkylation sites (N-methyl/N-ethyl adjacent to an activating group) is 1. The van der Waals surface area contributed by atoms with E-state index in [0.29, 0.717) is 0 Å². The Bertz CT molecular complexity index is 447. The Hall–Kier alpha value is -0.643. The van der Waals surface area contributed by atoms with Gasteiger partial charge in [-0.05, 0) is 13.0 Å². The molecule has 0 aliphatic heterocycles. The van der Waals surface area contributed by atoms with Gasteiger partial charge in [0.1, 0.15) is 6.54 Å². The van der Waals surface area contributed by atoms with E-state index >= 15 is 0 Å². The van der Waals surface area contributed by atoms with Gasteiger partial charge >= 0.3 is 0 Å². The highest BCUT2D eigenvalue weighted by molar-refractivity contribution is 6.08. The predicted octanol–water partition coefficient (Wildman–Crippen LogP) is 5.32. The molecule has 0 aromatic heterocycles. The molecule has 0 saturated heterocycles. The van der Waals surface area contributed by atoms with E-state index in [0.717, 1.165) is 17.6 Å². The highest BCUT2D eigenvalue weighted by atomic mass is 28.1. The minimum absolute atomic E-state index is 1.05. The van der Waals surface area contributed by atoms with Crippen LogP contribution >= 0.6 is 0 Å². The van der Waals surface area contributed by atoms with Crippen molar-refractivity contribution in [2.24, 2.45) is 0 Å². The van der Waals surface area contributed by atoms with Crippen molar-refractivity contribution in [3.8, 4) is 0 Å². The first-order chi connectivity index (χ1) is 13.6. The highest BCUT2D eigenvalue weighted by Gasteiger charge is 2.14. The molecule has 0 atom stereocenters. The molecule has 0 fully saturated rings. The summed E-state index contributed by atoms with van der Waals surface area (Å²) in [7, 11) is 6.07. The molecule has 1 aromatic carbocycles. The fourth-order valence-electron chi connectivity index (χ4n) is 3.93. The topological polar surface area (TPSA) is 12.0 Å². The van der Waals surface area contributed by atoms with Crippen LogP contribution in [0.25, 0.3) is 0 Å². The van der Waals surface area contributed by atoms with Gasteiger partial charge < -0.3 is 9.80 Å². The van der Waals surface area contributed by atoms with E-state index in [1.807, 2.05) is 0 Å². The van der Waals surface area contributed by atoms with Gasteiger partial charge in [-0.25, -0.2) is 0 Å². The zero-order valence-electron chi connectivity index (χ0n) is 19.4. The van der Waals surface area contributed by atoms with Crippen LogP contribution in [0.2, 0.25) is 6.04 Å². The molecule has 0 aliphatic rings. The van der Waals surface area contributed by atoms with Crippen LogP contribution in [0.5, 0.6) is 0 Å². The molecule has 0 bridgehead atoms. The van der Waals surface area contributed by atoms with E-state index in [9.17, 15) is 0 Å². The Morgan fingerprint density at radius 2 is 1.18 bits per heavy atom. The monoisotopic (exact) mass is 405 g/mol. The largest absolute Gasteiger partial charge is 0.324 e. The zero-order valence-corrected chi connectivity index (χ0v) is 21.4. The summed E-state index contributed by atoms with van der Waals surface area (Å²) in [4.78, 5) is 0. The van der Waals surface area contributed by atoms with Crippen molar-refractivity contribution < 1.29 is 4.48 Å². The van der Waals surface area contributed by atoms with Crippen molar-refractivity contribution in [2.45, 2.75) is 89.6 Å². The fourth-order valence-corrected chi connectivity index (χ4v) is 4.43. The molecule has 0 unspecified atom stereocenters. The summed E-state index contributed by atoms with van der Waals surface area (Å²) in [5, 5.41) is 3.65. The van der Waals surface area contributed by atoms with Gasteiger partial charge in [0.15, 0.2) is 0 Å². The smallest absolute Gasteiger partial charge is 0.104 e. The maximum atomic E-state index is 3.65. The van der Waals surface area contributed by atoms with Crippen molar-refractivity contribution >= 4 is 10.2 Å². The van der Waals surface area contributed by atoms with Crippen LogP contribution in [0.15, 0.2) is 30.3 Å². The van der Waals surface area contributed by atoms with Gasteiger partial charge in [0, 0.05) is 22.4 Å². The number of rotatable bonds is 19. The SMILES string of the molecule is C[N+](C)(CCNCCCCCCCCCCCCCC[SiH3])Cc1ccccc1. The van der Waals surface area contributed by atoms with Crippen molar-refractivity contribution in [3.63, 3.8) is 0 Å². The average Bonchev–Trinajstić information content (AvgIpc) is 2.68. The van der Waals surface area contributed by atoms with Crippen molar-refractivity contribution in [2.75, 3.05) is 33.7 Å². The highest BCUT2D eigenvalue weighted by Crippen LogP contribution is 2.12. The van der Waals surface area contributed by atoms with Crippen molar-refractivity contribution in [3.05, 3.63) is 35.9 Å². The Morgan fingerprint density at radius 1 is 0.679 bits per heavy atom. The summed E-state index contributed by atoms with van der Waals surface area (Å²) < 4.78 is 1.05. The molecule has 1 aromatic rings.